The summed E-state index contributed by atoms with van der Waals surface area (Å²) in [6.45, 7) is 0. The second kappa shape index (κ2) is 7.09. The Labute approximate surface area is 139 Å². The van der Waals surface area contributed by atoms with Gasteiger partial charge in [0, 0.05) is 39.3 Å². The minimum Gasteiger partial charge on any atom is -0.259 e. The number of aromatic nitrogens is 3. The first-order valence-electron chi connectivity index (χ1n) is 6.52. The molecule has 2 aromatic heterocycles. The van der Waals surface area contributed by atoms with Crippen LogP contribution in [-0.2, 0) is 22.3 Å². The quantitative estimate of drug-likeness (QED) is 0.704. The second-order valence-electron chi connectivity index (χ2n) is 4.57. The van der Waals surface area contributed by atoms with Crippen LogP contribution in [0.5, 0.6) is 0 Å². The minimum atomic E-state index is -1.01. The average molecular weight is 350 g/mol. The molecule has 0 amide bonds. The largest absolute Gasteiger partial charge is 0.259 e. The van der Waals surface area contributed by atoms with Gasteiger partial charge in [0.05, 0.1) is 11.4 Å². The summed E-state index contributed by atoms with van der Waals surface area (Å²) in [6.07, 6.45) is 3.37. The van der Waals surface area contributed by atoms with Gasteiger partial charge in [-0.2, -0.15) is 0 Å². The van der Waals surface area contributed by atoms with Gasteiger partial charge < -0.3 is 0 Å². The summed E-state index contributed by atoms with van der Waals surface area (Å²) in [4.78, 5) is 12.8. The molecule has 0 radical (unpaired) electrons. The fourth-order valence-electron chi connectivity index (χ4n) is 1.87. The Morgan fingerprint density at radius 1 is 1.09 bits per heavy atom. The number of thiazole rings is 1. The van der Waals surface area contributed by atoms with E-state index in [0.29, 0.717) is 22.4 Å². The Morgan fingerprint density at radius 2 is 1.82 bits per heavy atom. The Kier molecular flexibility index (Phi) is 4.92. The van der Waals surface area contributed by atoms with E-state index in [1.807, 2.05) is 29.6 Å². The highest BCUT2D eigenvalue weighted by Crippen LogP contribution is 2.21. The van der Waals surface area contributed by atoms with E-state index in [4.69, 9.17) is 11.6 Å². The first kappa shape index (κ1) is 15.3. The van der Waals surface area contributed by atoms with Crippen LogP contribution >= 0.6 is 22.9 Å². The summed E-state index contributed by atoms with van der Waals surface area (Å²) in [5, 5.41) is 3.34. The predicted molar refractivity (Wildman–Crippen MR) is 90.1 cm³/mol. The van der Waals surface area contributed by atoms with E-state index in [2.05, 4.69) is 15.0 Å². The van der Waals surface area contributed by atoms with Crippen molar-refractivity contribution in [3.05, 3.63) is 64.4 Å². The van der Waals surface area contributed by atoms with Gasteiger partial charge in [0.2, 0.25) is 0 Å². The minimum absolute atomic E-state index is 0.423. The highest BCUT2D eigenvalue weighted by Gasteiger charge is 2.10. The predicted octanol–water partition coefficient (Wildman–Crippen LogP) is 3.70. The molecule has 22 heavy (non-hydrogen) atoms. The van der Waals surface area contributed by atoms with E-state index in [1.165, 1.54) is 11.3 Å². The zero-order chi connectivity index (χ0) is 15.4. The van der Waals surface area contributed by atoms with Crippen molar-refractivity contribution in [2.24, 2.45) is 0 Å². The molecule has 4 nitrogen and oxygen atoms in total. The van der Waals surface area contributed by atoms with Crippen molar-refractivity contribution in [3.8, 4) is 10.8 Å². The number of benzene rings is 1. The molecule has 3 aromatic rings. The number of hydrogen-bond acceptors (Lipinski definition) is 5. The summed E-state index contributed by atoms with van der Waals surface area (Å²) in [6, 6.07) is 9.16. The first-order chi connectivity index (χ1) is 10.7. The van der Waals surface area contributed by atoms with Crippen molar-refractivity contribution >= 4 is 33.7 Å². The van der Waals surface area contributed by atoms with Gasteiger partial charge in [-0.1, -0.05) is 23.7 Å². The normalized spacial score (nSPS) is 12.2. The van der Waals surface area contributed by atoms with Crippen LogP contribution < -0.4 is 0 Å². The van der Waals surface area contributed by atoms with Crippen LogP contribution in [0, 0.1) is 0 Å². The first-order valence-corrected chi connectivity index (χ1v) is 9.26. The van der Waals surface area contributed by atoms with Gasteiger partial charge >= 0.3 is 0 Å². The highest BCUT2D eigenvalue weighted by molar-refractivity contribution is 7.83. The number of halogens is 1. The molecule has 0 aliphatic rings. The maximum Gasteiger partial charge on any atom is 0.188 e. The molecule has 3 rings (SSSR count). The third-order valence-electron chi connectivity index (χ3n) is 2.86. The van der Waals surface area contributed by atoms with E-state index in [1.54, 1.807) is 18.5 Å². The maximum atomic E-state index is 12.2. The summed E-state index contributed by atoms with van der Waals surface area (Å²) >= 11 is 7.31. The topological polar surface area (TPSA) is 55.7 Å². The Morgan fingerprint density at radius 3 is 2.55 bits per heavy atom. The zero-order valence-electron chi connectivity index (χ0n) is 11.5. The van der Waals surface area contributed by atoms with Crippen molar-refractivity contribution in [3.63, 3.8) is 0 Å². The Balaban J connectivity index is 1.65. The van der Waals surface area contributed by atoms with Crippen molar-refractivity contribution < 1.29 is 4.21 Å². The molecular formula is C15H12ClN3OS2. The molecular weight excluding hydrogens is 338 g/mol. The molecule has 2 heterocycles. The van der Waals surface area contributed by atoms with Crippen molar-refractivity contribution in [1.82, 2.24) is 15.0 Å². The van der Waals surface area contributed by atoms with Gasteiger partial charge in [0.25, 0.3) is 0 Å². The van der Waals surface area contributed by atoms with Crippen LogP contribution in [0.4, 0.5) is 0 Å². The van der Waals surface area contributed by atoms with Crippen molar-refractivity contribution in [1.29, 1.82) is 0 Å². The molecule has 0 spiro atoms. The van der Waals surface area contributed by atoms with Gasteiger partial charge in [-0.15, -0.1) is 11.3 Å². The molecule has 0 saturated carbocycles. The third-order valence-corrected chi connectivity index (χ3v) is 5.27. The molecule has 0 aliphatic heterocycles. The van der Waals surface area contributed by atoms with Gasteiger partial charge in [-0.3, -0.25) is 4.21 Å². The SMILES string of the molecule is O=[S@](Cc1ccc(Cl)cc1)Cc1csc(-c2ncccn2)n1. The molecule has 0 N–H and O–H groups in total. The Hall–Kier alpha value is -1.63. The molecule has 0 aliphatic carbocycles. The summed E-state index contributed by atoms with van der Waals surface area (Å²) in [7, 11) is -1.01. The van der Waals surface area contributed by atoms with Crippen LogP contribution in [0.1, 0.15) is 11.3 Å². The van der Waals surface area contributed by atoms with Gasteiger partial charge in [0.15, 0.2) is 10.8 Å². The lowest BCUT2D eigenvalue weighted by Crippen LogP contribution is -2.00. The van der Waals surface area contributed by atoms with E-state index in [9.17, 15) is 4.21 Å². The van der Waals surface area contributed by atoms with Crippen LogP contribution in [0.2, 0.25) is 5.02 Å². The van der Waals surface area contributed by atoms with Crippen LogP contribution in [-0.4, -0.2) is 19.2 Å². The number of hydrogen-bond donors (Lipinski definition) is 0. The summed E-state index contributed by atoms with van der Waals surface area (Å²) in [5.41, 5.74) is 1.81. The Bertz CT molecular complexity index is 775. The molecule has 1 atom stereocenters. The fourth-order valence-corrected chi connectivity index (χ4v) is 4.01. The highest BCUT2D eigenvalue weighted by atomic mass is 35.5. The zero-order valence-corrected chi connectivity index (χ0v) is 13.9. The van der Waals surface area contributed by atoms with Crippen LogP contribution in [0.3, 0.4) is 0 Å². The lowest BCUT2D eigenvalue weighted by Gasteiger charge is -2.01. The lowest BCUT2D eigenvalue weighted by molar-refractivity contribution is 0.681. The lowest BCUT2D eigenvalue weighted by atomic mass is 10.2. The van der Waals surface area contributed by atoms with Crippen LogP contribution in [0.15, 0.2) is 48.1 Å². The number of rotatable bonds is 5. The summed E-state index contributed by atoms with van der Waals surface area (Å²) in [5.74, 6) is 1.51. The molecule has 7 heteroatoms. The summed E-state index contributed by atoms with van der Waals surface area (Å²) < 4.78 is 12.2. The monoisotopic (exact) mass is 349 g/mol. The van der Waals surface area contributed by atoms with E-state index < -0.39 is 10.8 Å². The van der Waals surface area contributed by atoms with Gasteiger partial charge in [-0.05, 0) is 23.8 Å². The van der Waals surface area contributed by atoms with Crippen molar-refractivity contribution in [2.75, 3.05) is 0 Å². The standard InChI is InChI=1S/C15H12ClN3OS2/c16-12-4-2-11(3-5-12)9-22(20)10-13-8-21-15(19-13)14-17-6-1-7-18-14/h1-8H,9-10H2/t22-/m1/s1. The molecule has 0 bridgehead atoms. The maximum absolute atomic E-state index is 12.2. The van der Waals surface area contributed by atoms with E-state index >= 15 is 0 Å². The van der Waals surface area contributed by atoms with Gasteiger partial charge in [-0.25, -0.2) is 15.0 Å². The third kappa shape index (κ3) is 3.97. The van der Waals surface area contributed by atoms with E-state index in [0.717, 1.165) is 16.3 Å². The molecule has 0 fully saturated rings. The number of nitrogens with zero attached hydrogens (tertiary/aromatic N) is 3. The fraction of sp³-hybridized carbons (Fsp3) is 0.133. The smallest absolute Gasteiger partial charge is 0.188 e. The van der Waals surface area contributed by atoms with Crippen LogP contribution in [0.25, 0.3) is 10.8 Å². The van der Waals surface area contributed by atoms with Gasteiger partial charge in [0.1, 0.15) is 0 Å². The molecule has 112 valence electrons. The molecule has 0 unspecified atom stereocenters. The molecule has 1 aromatic carbocycles. The van der Waals surface area contributed by atoms with E-state index in [-0.39, 0.29) is 0 Å². The average Bonchev–Trinajstić information content (AvgIpc) is 2.99. The second-order valence-corrected chi connectivity index (χ2v) is 7.32. The molecule has 0 saturated heterocycles. The van der Waals surface area contributed by atoms with Crippen molar-refractivity contribution in [2.45, 2.75) is 11.5 Å².